The lowest BCUT2D eigenvalue weighted by molar-refractivity contribution is -0.387. The maximum absolute atomic E-state index is 13.5. The van der Waals surface area contributed by atoms with Crippen molar-refractivity contribution in [3.8, 4) is 0 Å². The average Bonchev–Trinajstić information content (AvgIpc) is 2.51. The Morgan fingerprint density at radius 1 is 1.04 bits per heavy atom. The minimum atomic E-state index is -4.37. The highest BCUT2D eigenvalue weighted by molar-refractivity contribution is 9.10. The van der Waals surface area contributed by atoms with Crippen molar-refractivity contribution in [2.45, 2.75) is 31.9 Å². The third-order valence-electron chi connectivity index (χ3n) is 3.75. The van der Waals surface area contributed by atoms with Crippen LogP contribution in [0.4, 0.5) is 23.2 Å². The van der Waals surface area contributed by atoms with Crippen LogP contribution < -0.4 is 0 Å². The molecule has 0 aliphatic carbocycles. The van der Waals surface area contributed by atoms with Crippen LogP contribution in [0.3, 0.4) is 0 Å². The molecule has 2 rings (SSSR count). The van der Waals surface area contributed by atoms with Gasteiger partial charge in [0.05, 0.1) is 10.5 Å². The van der Waals surface area contributed by atoms with Gasteiger partial charge >= 0.3 is 11.9 Å². The topological polar surface area (TPSA) is 43.1 Å². The van der Waals surface area contributed by atoms with Gasteiger partial charge in [0.15, 0.2) is 0 Å². The number of benzene rings is 2. The molecule has 134 valence electrons. The standard InChI is InChI=1S/C17H14BrF4NO2/c18-14-10-13(17(20,21)22)7-6-12(14)4-2-1-3-11-5-8-16(23(24)25)15(19)9-11/h5-10H,1-4H2. The normalized spacial score (nSPS) is 11.6. The van der Waals surface area contributed by atoms with Crippen molar-refractivity contribution in [3.63, 3.8) is 0 Å². The van der Waals surface area contributed by atoms with E-state index in [-0.39, 0.29) is 0 Å². The zero-order valence-corrected chi connectivity index (χ0v) is 14.5. The summed E-state index contributed by atoms with van der Waals surface area (Å²) in [5, 5.41) is 10.6. The molecule has 8 heteroatoms. The van der Waals surface area contributed by atoms with Crippen LogP contribution in [0.2, 0.25) is 0 Å². The Labute approximate surface area is 149 Å². The smallest absolute Gasteiger partial charge is 0.258 e. The first-order chi connectivity index (χ1) is 11.7. The van der Waals surface area contributed by atoms with Gasteiger partial charge in [-0.2, -0.15) is 17.6 Å². The van der Waals surface area contributed by atoms with Crippen LogP contribution >= 0.6 is 15.9 Å². The van der Waals surface area contributed by atoms with Gasteiger partial charge in [-0.25, -0.2) is 0 Å². The molecule has 2 aromatic rings. The molecule has 0 radical (unpaired) electrons. The molecule has 3 nitrogen and oxygen atoms in total. The maximum Gasteiger partial charge on any atom is 0.416 e. The monoisotopic (exact) mass is 419 g/mol. The van der Waals surface area contributed by atoms with Crippen LogP contribution in [0.1, 0.15) is 29.5 Å². The first-order valence-corrected chi connectivity index (χ1v) is 8.26. The van der Waals surface area contributed by atoms with Crippen molar-refractivity contribution >= 4 is 21.6 Å². The van der Waals surface area contributed by atoms with Gasteiger partial charge in [-0.1, -0.05) is 28.1 Å². The fourth-order valence-corrected chi connectivity index (χ4v) is 3.00. The average molecular weight is 420 g/mol. The summed E-state index contributed by atoms with van der Waals surface area (Å²) in [5.41, 5.74) is 0.152. The van der Waals surface area contributed by atoms with Gasteiger partial charge in [-0.15, -0.1) is 0 Å². The zero-order valence-electron chi connectivity index (χ0n) is 12.9. The van der Waals surface area contributed by atoms with E-state index in [1.54, 1.807) is 0 Å². The molecule has 0 aliphatic heterocycles. The number of nitrogens with zero attached hydrogens (tertiary/aromatic N) is 1. The number of rotatable bonds is 6. The Kier molecular flexibility index (Phi) is 6.16. The summed E-state index contributed by atoms with van der Waals surface area (Å²) in [5.74, 6) is -0.868. The van der Waals surface area contributed by atoms with Crippen molar-refractivity contribution in [1.29, 1.82) is 0 Å². The molecule has 0 saturated carbocycles. The van der Waals surface area contributed by atoms with Crippen molar-refractivity contribution in [1.82, 2.24) is 0 Å². The third kappa shape index (κ3) is 5.26. The quantitative estimate of drug-likeness (QED) is 0.246. The van der Waals surface area contributed by atoms with Gasteiger partial charge in [-0.05, 0) is 55.0 Å². The summed E-state index contributed by atoms with van der Waals surface area (Å²) in [6.45, 7) is 0. The molecular weight excluding hydrogens is 406 g/mol. The van der Waals surface area contributed by atoms with Gasteiger partial charge < -0.3 is 0 Å². The van der Waals surface area contributed by atoms with Crippen LogP contribution in [0.5, 0.6) is 0 Å². The van der Waals surface area contributed by atoms with E-state index < -0.39 is 28.2 Å². The van der Waals surface area contributed by atoms with E-state index in [9.17, 15) is 27.7 Å². The number of halogens is 5. The summed E-state index contributed by atoms with van der Waals surface area (Å²) in [6, 6.07) is 7.34. The molecule has 0 spiro atoms. The van der Waals surface area contributed by atoms with Gasteiger partial charge in [0.1, 0.15) is 0 Å². The molecule has 0 aromatic heterocycles. The molecular formula is C17H14BrF4NO2. The molecule has 0 N–H and O–H groups in total. The van der Waals surface area contributed by atoms with Gasteiger partial charge in [-0.3, -0.25) is 10.1 Å². The van der Waals surface area contributed by atoms with E-state index in [0.717, 1.165) is 29.8 Å². The number of hydrogen-bond acceptors (Lipinski definition) is 2. The molecule has 0 fully saturated rings. The van der Waals surface area contributed by atoms with Crippen LogP contribution in [0.15, 0.2) is 40.9 Å². The number of nitro benzene ring substituents is 1. The van der Waals surface area contributed by atoms with E-state index in [4.69, 9.17) is 0 Å². The predicted octanol–water partition coefficient (Wildman–Crippen LogP) is 6.08. The minimum Gasteiger partial charge on any atom is -0.258 e. The number of hydrogen-bond donors (Lipinski definition) is 0. The molecule has 0 bridgehead atoms. The van der Waals surface area contributed by atoms with E-state index in [2.05, 4.69) is 15.9 Å². The van der Waals surface area contributed by atoms with E-state index >= 15 is 0 Å². The van der Waals surface area contributed by atoms with Crippen molar-refractivity contribution < 1.29 is 22.5 Å². The van der Waals surface area contributed by atoms with Gasteiger partial charge in [0.2, 0.25) is 5.82 Å². The minimum absolute atomic E-state index is 0.406. The Hall–Kier alpha value is -1.96. The van der Waals surface area contributed by atoms with Crippen LogP contribution in [-0.2, 0) is 19.0 Å². The van der Waals surface area contributed by atoms with E-state index in [0.29, 0.717) is 35.7 Å². The molecule has 0 unspecified atom stereocenters. The summed E-state index contributed by atoms with van der Waals surface area (Å²) in [6.07, 6.45) is -1.88. The Morgan fingerprint density at radius 3 is 2.28 bits per heavy atom. The second-order valence-electron chi connectivity index (χ2n) is 5.55. The molecule has 2 aromatic carbocycles. The number of unbranched alkanes of at least 4 members (excludes halogenated alkanes) is 1. The van der Waals surface area contributed by atoms with Gasteiger partial charge in [0, 0.05) is 10.5 Å². The van der Waals surface area contributed by atoms with Crippen LogP contribution in [-0.4, -0.2) is 4.92 Å². The van der Waals surface area contributed by atoms with Crippen LogP contribution in [0, 0.1) is 15.9 Å². The molecule has 0 atom stereocenters. The lowest BCUT2D eigenvalue weighted by Gasteiger charge is -2.10. The predicted molar refractivity (Wildman–Crippen MR) is 88.8 cm³/mol. The van der Waals surface area contributed by atoms with Crippen LogP contribution in [0.25, 0.3) is 0 Å². The summed E-state index contributed by atoms with van der Waals surface area (Å²) in [4.78, 5) is 9.78. The fraction of sp³-hybridized carbons (Fsp3) is 0.294. The lowest BCUT2D eigenvalue weighted by Crippen LogP contribution is -2.05. The van der Waals surface area contributed by atoms with Crippen molar-refractivity contribution in [2.24, 2.45) is 0 Å². The lowest BCUT2D eigenvalue weighted by atomic mass is 10.0. The number of alkyl halides is 3. The molecule has 0 saturated heterocycles. The highest BCUT2D eigenvalue weighted by atomic mass is 79.9. The number of aryl methyl sites for hydroxylation is 2. The third-order valence-corrected chi connectivity index (χ3v) is 4.49. The molecule has 0 aliphatic rings. The molecule has 25 heavy (non-hydrogen) atoms. The summed E-state index contributed by atoms with van der Waals surface area (Å²) in [7, 11) is 0. The molecule has 0 heterocycles. The SMILES string of the molecule is O=[N+]([O-])c1ccc(CCCCc2ccc(C(F)(F)F)cc2Br)cc1F. The Balaban J connectivity index is 1.89. The zero-order chi connectivity index (χ0) is 18.6. The van der Waals surface area contributed by atoms with Crippen molar-refractivity contribution in [2.75, 3.05) is 0 Å². The van der Waals surface area contributed by atoms with Crippen molar-refractivity contribution in [3.05, 3.63) is 73.5 Å². The Bertz CT molecular complexity index is 778. The first kappa shape index (κ1) is 19.4. The summed E-state index contributed by atoms with van der Waals surface area (Å²) < 4.78 is 51.8. The Morgan fingerprint density at radius 2 is 1.72 bits per heavy atom. The molecule has 0 amide bonds. The van der Waals surface area contributed by atoms with E-state index in [1.165, 1.54) is 12.1 Å². The fourth-order valence-electron chi connectivity index (χ4n) is 2.42. The highest BCUT2D eigenvalue weighted by Crippen LogP contribution is 2.32. The second-order valence-corrected chi connectivity index (χ2v) is 6.41. The first-order valence-electron chi connectivity index (χ1n) is 7.47. The maximum atomic E-state index is 13.5. The second kappa shape index (κ2) is 7.95. The highest BCUT2D eigenvalue weighted by Gasteiger charge is 2.30. The van der Waals surface area contributed by atoms with Gasteiger partial charge in [0.25, 0.3) is 0 Å². The summed E-state index contributed by atoms with van der Waals surface area (Å²) >= 11 is 3.15. The van der Waals surface area contributed by atoms with E-state index in [1.807, 2.05) is 0 Å². The number of nitro groups is 1. The largest absolute Gasteiger partial charge is 0.416 e.